The lowest BCUT2D eigenvalue weighted by Crippen LogP contribution is -2.45. The van der Waals surface area contributed by atoms with Gasteiger partial charge >= 0.3 is 6.03 Å². The Balaban J connectivity index is 1.82. The Kier molecular flexibility index (Phi) is 3.83. The van der Waals surface area contributed by atoms with Gasteiger partial charge < -0.3 is 25.1 Å². The van der Waals surface area contributed by atoms with Crippen molar-refractivity contribution in [3.05, 3.63) is 23.7 Å². The number of amides is 3. The topological polar surface area (TPSA) is 97.8 Å². The molecule has 0 spiro atoms. The first-order valence-corrected chi connectivity index (χ1v) is 5.66. The van der Waals surface area contributed by atoms with E-state index in [0.717, 1.165) is 0 Å². The van der Waals surface area contributed by atoms with Crippen LogP contribution in [-0.4, -0.2) is 43.1 Å². The minimum Gasteiger partial charge on any atom is -0.454 e. The number of urea groups is 1. The van der Waals surface area contributed by atoms with Gasteiger partial charge in [-0.05, 0) is 12.1 Å². The number of nitrogens with one attached hydrogen (secondary N) is 1. The van der Waals surface area contributed by atoms with Gasteiger partial charge in [0.05, 0.1) is 19.8 Å². The van der Waals surface area contributed by atoms with Gasteiger partial charge in [-0.15, -0.1) is 0 Å². The van der Waals surface area contributed by atoms with E-state index < -0.39 is 5.91 Å². The summed E-state index contributed by atoms with van der Waals surface area (Å²) in [6.07, 6.45) is 0. The van der Waals surface area contributed by atoms with Crippen molar-refractivity contribution in [3.8, 4) is 0 Å². The number of morpholine rings is 1. The molecule has 0 bridgehead atoms. The summed E-state index contributed by atoms with van der Waals surface area (Å²) in [6, 6.07) is 2.92. The molecule has 0 aromatic carbocycles. The molecule has 3 amide bonds. The summed E-state index contributed by atoms with van der Waals surface area (Å²) in [6.45, 7) is 2.50. The Bertz CT molecular complexity index is 437. The third-order valence-electron chi connectivity index (χ3n) is 2.62. The highest BCUT2D eigenvalue weighted by atomic mass is 16.5. The summed E-state index contributed by atoms with van der Waals surface area (Å²) in [4.78, 5) is 24.2. The highest BCUT2D eigenvalue weighted by molar-refractivity contribution is 5.89. The smallest absolute Gasteiger partial charge is 0.317 e. The minimum absolute atomic E-state index is 0.0885. The van der Waals surface area contributed by atoms with E-state index in [4.69, 9.17) is 14.9 Å². The van der Waals surface area contributed by atoms with Gasteiger partial charge in [0.1, 0.15) is 5.76 Å². The van der Waals surface area contributed by atoms with Crippen molar-refractivity contribution in [2.45, 2.75) is 6.54 Å². The van der Waals surface area contributed by atoms with E-state index in [2.05, 4.69) is 5.32 Å². The standard InChI is InChI=1S/C11H15N3O4/c12-10(15)9-2-1-8(18-9)7-13-11(16)14-3-5-17-6-4-14/h1-2H,3-7H2,(H2,12,15)(H,13,16). The monoisotopic (exact) mass is 253 g/mol. The van der Waals surface area contributed by atoms with Crippen LogP contribution in [0.2, 0.25) is 0 Å². The van der Waals surface area contributed by atoms with Crippen LogP contribution in [0.1, 0.15) is 16.3 Å². The fourth-order valence-corrected chi connectivity index (χ4v) is 1.65. The molecular weight excluding hydrogens is 238 g/mol. The normalized spacial score (nSPS) is 15.4. The maximum absolute atomic E-state index is 11.7. The zero-order valence-electron chi connectivity index (χ0n) is 9.85. The largest absolute Gasteiger partial charge is 0.454 e. The third-order valence-corrected chi connectivity index (χ3v) is 2.62. The van der Waals surface area contributed by atoms with Crippen LogP contribution in [0.3, 0.4) is 0 Å². The molecule has 0 radical (unpaired) electrons. The van der Waals surface area contributed by atoms with Crippen LogP contribution in [-0.2, 0) is 11.3 Å². The van der Waals surface area contributed by atoms with Crippen LogP contribution in [0.4, 0.5) is 4.79 Å². The molecule has 1 aliphatic heterocycles. The number of primary amides is 1. The van der Waals surface area contributed by atoms with Gasteiger partial charge in [0.2, 0.25) is 0 Å². The summed E-state index contributed by atoms with van der Waals surface area (Å²) < 4.78 is 10.3. The number of rotatable bonds is 3. The molecule has 7 nitrogen and oxygen atoms in total. The average molecular weight is 253 g/mol. The minimum atomic E-state index is -0.624. The van der Waals surface area contributed by atoms with Crippen molar-refractivity contribution >= 4 is 11.9 Å². The van der Waals surface area contributed by atoms with Gasteiger partial charge in [-0.3, -0.25) is 4.79 Å². The van der Waals surface area contributed by atoms with Crippen molar-refractivity contribution in [1.82, 2.24) is 10.2 Å². The van der Waals surface area contributed by atoms with E-state index in [9.17, 15) is 9.59 Å². The van der Waals surface area contributed by atoms with Crippen LogP contribution in [0.5, 0.6) is 0 Å². The maximum Gasteiger partial charge on any atom is 0.317 e. The van der Waals surface area contributed by atoms with E-state index in [1.807, 2.05) is 0 Å². The summed E-state index contributed by atoms with van der Waals surface area (Å²) in [5.41, 5.74) is 5.06. The molecule has 18 heavy (non-hydrogen) atoms. The van der Waals surface area contributed by atoms with Crippen LogP contribution in [0, 0.1) is 0 Å². The second kappa shape index (κ2) is 5.54. The zero-order valence-corrected chi connectivity index (χ0v) is 9.85. The molecule has 1 aromatic heterocycles. The Morgan fingerprint density at radius 3 is 2.67 bits per heavy atom. The van der Waals surface area contributed by atoms with Crippen molar-refractivity contribution < 1.29 is 18.7 Å². The Morgan fingerprint density at radius 2 is 2.06 bits per heavy atom. The number of furan rings is 1. The molecule has 1 saturated heterocycles. The first kappa shape index (κ1) is 12.4. The fourth-order valence-electron chi connectivity index (χ4n) is 1.65. The predicted octanol–water partition coefficient (Wildman–Crippen LogP) is -0.0797. The van der Waals surface area contributed by atoms with Crippen LogP contribution in [0.15, 0.2) is 16.5 Å². The molecule has 7 heteroatoms. The molecule has 1 aliphatic rings. The molecule has 1 aromatic rings. The first-order valence-electron chi connectivity index (χ1n) is 5.66. The van der Waals surface area contributed by atoms with Gasteiger partial charge in [-0.25, -0.2) is 4.79 Å². The molecule has 98 valence electrons. The van der Waals surface area contributed by atoms with Gasteiger partial charge in [-0.1, -0.05) is 0 Å². The van der Waals surface area contributed by atoms with Gasteiger partial charge in [0, 0.05) is 13.1 Å². The van der Waals surface area contributed by atoms with Crippen molar-refractivity contribution in [2.24, 2.45) is 5.73 Å². The summed E-state index contributed by atoms with van der Waals surface area (Å²) in [5.74, 6) is -0.0446. The molecule has 3 N–H and O–H groups in total. The number of nitrogens with zero attached hydrogens (tertiary/aromatic N) is 1. The fraction of sp³-hybridized carbons (Fsp3) is 0.455. The van der Waals surface area contributed by atoms with Crippen LogP contribution >= 0.6 is 0 Å². The van der Waals surface area contributed by atoms with E-state index in [-0.39, 0.29) is 18.3 Å². The lowest BCUT2D eigenvalue weighted by molar-refractivity contribution is 0.0530. The SMILES string of the molecule is NC(=O)c1ccc(CNC(=O)N2CCOCC2)o1. The average Bonchev–Trinajstić information content (AvgIpc) is 2.86. The quantitative estimate of drug-likeness (QED) is 0.787. The highest BCUT2D eigenvalue weighted by Crippen LogP contribution is 2.07. The molecule has 0 atom stereocenters. The molecule has 2 rings (SSSR count). The Hall–Kier alpha value is -2.02. The van der Waals surface area contributed by atoms with Crippen LogP contribution < -0.4 is 11.1 Å². The molecule has 0 aliphatic carbocycles. The van der Waals surface area contributed by atoms with Crippen molar-refractivity contribution in [2.75, 3.05) is 26.3 Å². The zero-order chi connectivity index (χ0) is 13.0. The maximum atomic E-state index is 11.7. The Morgan fingerprint density at radius 1 is 1.33 bits per heavy atom. The summed E-state index contributed by atoms with van der Waals surface area (Å²) >= 11 is 0. The van der Waals surface area contributed by atoms with Crippen LogP contribution in [0.25, 0.3) is 0 Å². The predicted molar refractivity (Wildman–Crippen MR) is 61.9 cm³/mol. The highest BCUT2D eigenvalue weighted by Gasteiger charge is 2.16. The number of carbonyl (C=O) groups excluding carboxylic acids is 2. The van der Waals surface area contributed by atoms with E-state index in [1.54, 1.807) is 11.0 Å². The number of carbonyl (C=O) groups is 2. The number of ether oxygens (including phenoxy) is 1. The molecular formula is C11H15N3O4. The number of nitrogens with two attached hydrogens (primary N) is 1. The molecule has 1 fully saturated rings. The van der Waals surface area contributed by atoms with Crippen molar-refractivity contribution in [1.29, 1.82) is 0 Å². The van der Waals surface area contributed by atoms with Crippen molar-refractivity contribution in [3.63, 3.8) is 0 Å². The summed E-state index contributed by atoms with van der Waals surface area (Å²) in [5, 5.41) is 2.71. The van der Waals surface area contributed by atoms with Gasteiger partial charge in [-0.2, -0.15) is 0 Å². The molecule has 0 saturated carbocycles. The lowest BCUT2D eigenvalue weighted by Gasteiger charge is -2.26. The second-order valence-electron chi connectivity index (χ2n) is 3.89. The van der Waals surface area contributed by atoms with Gasteiger partial charge in [0.15, 0.2) is 5.76 Å². The Labute approximate surface area is 104 Å². The number of hydrogen-bond donors (Lipinski definition) is 2. The lowest BCUT2D eigenvalue weighted by atomic mass is 10.4. The van der Waals surface area contributed by atoms with Gasteiger partial charge in [0.25, 0.3) is 5.91 Å². The summed E-state index contributed by atoms with van der Waals surface area (Å²) in [7, 11) is 0. The molecule has 0 unspecified atom stereocenters. The number of hydrogen-bond acceptors (Lipinski definition) is 4. The third kappa shape index (κ3) is 3.01. The molecule has 2 heterocycles. The van der Waals surface area contributed by atoms with E-state index in [0.29, 0.717) is 32.1 Å². The van der Waals surface area contributed by atoms with E-state index >= 15 is 0 Å². The van der Waals surface area contributed by atoms with E-state index in [1.165, 1.54) is 6.07 Å². The second-order valence-corrected chi connectivity index (χ2v) is 3.89. The first-order chi connectivity index (χ1) is 8.66.